The van der Waals surface area contributed by atoms with Gasteiger partial charge in [-0.1, -0.05) is 23.3 Å². The molecule has 3 heterocycles. The van der Waals surface area contributed by atoms with Crippen molar-refractivity contribution >= 4 is 35.9 Å². The molecule has 1 saturated heterocycles. The molecular weight excluding hydrogens is 705 g/mol. The molecule has 0 aliphatic carbocycles. The molecule has 2 N–H and O–H groups in total. The van der Waals surface area contributed by atoms with Crippen molar-refractivity contribution in [1.82, 2.24) is 14.5 Å². The first kappa shape index (κ1) is 22.2. The van der Waals surface area contributed by atoms with Crippen LogP contribution >= 0.6 is 11.6 Å². The van der Waals surface area contributed by atoms with Crippen LogP contribution in [0.1, 0.15) is 12.6 Å². The number of fused-ring (bicyclic) bond motifs is 1. The third-order valence-corrected chi connectivity index (χ3v) is 4.05. The summed E-state index contributed by atoms with van der Waals surface area (Å²) in [6.07, 6.45) is 5.79. The molecule has 3 rings (SSSR count). The summed E-state index contributed by atoms with van der Waals surface area (Å²) in [6, 6.07) is 1.67. The molecule has 0 spiro atoms. The van der Waals surface area contributed by atoms with Gasteiger partial charge >= 0.3 is 7.41 Å². The predicted molar refractivity (Wildman–Crippen MR) is 85.2 cm³/mol. The van der Waals surface area contributed by atoms with E-state index in [-0.39, 0.29) is 64.1 Å². The zero-order valence-corrected chi connectivity index (χ0v) is 18.0. The van der Waals surface area contributed by atoms with Crippen molar-refractivity contribution in [3.63, 3.8) is 0 Å². The van der Waals surface area contributed by atoms with E-state index in [1.54, 1.807) is 16.8 Å². The Morgan fingerprint density at radius 3 is 2.96 bits per heavy atom. The van der Waals surface area contributed by atoms with Crippen LogP contribution in [0.3, 0.4) is 0 Å². The van der Waals surface area contributed by atoms with E-state index in [1.165, 1.54) is 0 Å². The fourth-order valence-corrected chi connectivity index (χ4v) is 2.87. The van der Waals surface area contributed by atoms with Crippen LogP contribution < -0.4 is 0 Å². The minimum Gasteiger partial charge on any atom is -0.481 e. The van der Waals surface area contributed by atoms with Gasteiger partial charge in [0.1, 0.15) is 17.2 Å². The minimum absolute atomic E-state index is 0. The smallest absolute Gasteiger partial charge is 0.340 e. The maximum atomic E-state index is 10.3. The Morgan fingerprint density at radius 2 is 2.32 bits per heavy atom. The quantitative estimate of drug-likeness (QED) is 0.226. The number of aromatic nitrogens is 3. The van der Waals surface area contributed by atoms with Crippen LogP contribution in [0.15, 0.2) is 17.4 Å². The topological polar surface area (TPSA) is 113 Å². The number of aliphatic hydroxyl groups is 1. The molecule has 135 valence electrons. The van der Waals surface area contributed by atoms with Gasteiger partial charge in [0.05, 0.1) is 6.10 Å². The van der Waals surface area contributed by atoms with Crippen LogP contribution in [0.4, 0.5) is 5.82 Å². The molecule has 3 atom stereocenters. The molecule has 0 saturated carbocycles. The van der Waals surface area contributed by atoms with E-state index in [1.807, 2.05) is 0 Å². The van der Waals surface area contributed by atoms with Crippen LogP contribution in [-0.4, -0.2) is 38.8 Å². The largest absolute Gasteiger partial charge is 0.481 e. The summed E-state index contributed by atoms with van der Waals surface area (Å²) in [5.74, 6) is 2.41. The number of hydrogen-bond acceptors (Lipinski definition) is 6. The SMILES string of the molecule is C#CC1(C[B]N=O)O[C@@H](n2ccc3c([NH-])nc(Cl)nc32)C[C@@H]1O.[Ir].[Ir]. The summed E-state index contributed by atoms with van der Waals surface area (Å²) in [6.45, 7) is 0. The van der Waals surface area contributed by atoms with Crippen LogP contribution in [0.5, 0.6) is 0 Å². The fourth-order valence-electron chi connectivity index (χ4n) is 2.71. The number of hydrogen-bond donors (Lipinski definition) is 1. The van der Waals surface area contributed by atoms with Crippen LogP contribution in [0.2, 0.25) is 11.6 Å². The first-order valence-electron chi connectivity index (χ1n) is 6.74. The Bertz CT molecular complexity index is 817. The monoisotopic (exact) mass is 717 g/mol. The van der Waals surface area contributed by atoms with Crippen molar-refractivity contribution in [3.05, 3.63) is 28.2 Å². The van der Waals surface area contributed by atoms with Crippen molar-refractivity contribution in [2.24, 2.45) is 5.09 Å². The molecule has 0 aromatic carbocycles. The maximum absolute atomic E-state index is 10.3. The molecule has 1 aliphatic rings. The number of aliphatic hydroxyl groups excluding tert-OH is 1. The average Bonchev–Trinajstić information content (AvgIpc) is 3.07. The summed E-state index contributed by atoms with van der Waals surface area (Å²) >= 11 is 5.81. The first-order valence-corrected chi connectivity index (χ1v) is 7.12. The average molecular weight is 716 g/mol. The van der Waals surface area contributed by atoms with Gasteiger partial charge in [0, 0.05) is 58.2 Å². The van der Waals surface area contributed by atoms with Crippen molar-refractivity contribution in [3.8, 4) is 12.3 Å². The number of nitrogens with one attached hydrogen (secondary N) is 1. The van der Waals surface area contributed by atoms with Gasteiger partial charge in [-0.15, -0.1) is 11.5 Å². The van der Waals surface area contributed by atoms with E-state index in [0.717, 1.165) is 7.41 Å². The molecule has 0 amide bonds. The van der Waals surface area contributed by atoms with Gasteiger partial charge in [-0.25, -0.2) is 4.98 Å². The molecular formula is C13H11BClIr2N5O3-. The zero-order valence-electron chi connectivity index (χ0n) is 12.5. The Labute approximate surface area is 176 Å². The zero-order chi connectivity index (χ0) is 16.6. The molecule has 1 unspecified atom stereocenters. The van der Waals surface area contributed by atoms with E-state index in [9.17, 15) is 10.0 Å². The molecule has 8 nitrogen and oxygen atoms in total. The Balaban J connectivity index is 0.00000156. The van der Waals surface area contributed by atoms with Crippen molar-refractivity contribution in [2.45, 2.75) is 30.7 Å². The molecule has 1 aliphatic heterocycles. The Hall–Kier alpha value is -0.846. The number of halogens is 1. The van der Waals surface area contributed by atoms with Gasteiger partial charge in [0.15, 0.2) is 5.60 Å². The molecule has 2 aromatic rings. The minimum atomic E-state index is -1.32. The van der Waals surface area contributed by atoms with Gasteiger partial charge in [-0.05, 0) is 12.4 Å². The molecule has 1 fully saturated rings. The van der Waals surface area contributed by atoms with Gasteiger partial charge in [0.2, 0.25) is 0 Å². The first-order chi connectivity index (χ1) is 11.0. The van der Waals surface area contributed by atoms with E-state index in [0.29, 0.717) is 11.0 Å². The van der Waals surface area contributed by atoms with E-state index < -0.39 is 17.9 Å². The van der Waals surface area contributed by atoms with Gasteiger partial charge < -0.3 is 25.1 Å². The third kappa shape index (κ3) is 3.96. The van der Waals surface area contributed by atoms with Gasteiger partial charge in [-0.3, -0.25) is 0 Å². The van der Waals surface area contributed by atoms with Crippen LogP contribution in [0, 0.1) is 17.3 Å². The van der Waals surface area contributed by atoms with Gasteiger partial charge in [0.25, 0.3) is 0 Å². The van der Waals surface area contributed by atoms with E-state index in [2.05, 4.69) is 21.0 Å². The molecule has 3 radical (unpaired) electrons. The number of ether oxygens (including phenoxy) is 1. The van der Waals surface area contributed by atoms with E-state index in [4.69, 9.17) is 28.5 Å². The second kappa shape index (κ2) is 8.69. The second-order valence-corrected chi connectivity index (χ2v) is 5.49. The Morgan fingerprint density at radius 1 is 1.60 bits per heavy atom. The second-order valence-electron chi connectivity index (χ2n) is 5.15. The standard InChI is InChI=1S/C13H11BClN5O3.2Ir/c1-2-13(6-14-19-22)8(21)5-9(23-13)20-4-3-7-10(16)17-12(15)18-11(7)20;;/h1,3-4,8-9,21H,5-6H2,(H-,16,17,18);;/q-1;;/t8-,9+,13?;;/m0../s1. The number of rotatable bonds is 4. The van der Waals surface area contributed by atoms with E-state index >= 15 is 0 Å². The maximum Gasteiger partial charge on any atom is 0.340 e. The van der Waals surface area contributed by atoms with Crippen molar-refractivity contribution < 1.29 is 50.1 Å². The van der Waals surface area contributed by atoms with Gasteiger partial charge in [-0.2, -0.15) is 4.91 Å². The summed E-state index contributed by atoms with van der Waals surface area (Å²) < 4.78 is 7.46. The predicted octanol–water partition coefficient (Wildman–Crippen LogP) is 2.22. The number of nitroso groups, excluding NO2 is 1. The number of terminal acetylenes is 1. The number of nitrogens with zero attached hydrogens (tertiary/aromatic N) is 4. The van der Waals surface area contributed by atoms with Crippen molar-refractivity contribution in [1.29, 1.82) is 0 Å². The fraction of sp³-hybridized carbons (Fsp3) is 0.385. The third-order valence-electron chi connectivity index (χ3n) is 3.88. The molecule has 12 heteroatoms. The summed E-state index contributed by atoms with van der Waals surface area (Å²) in [7, 11) is 1.07. The normalized spacial score (nSPS) is 24.8. The van der Waals surface area contributed by atoms with Crippen LogP contribution in [0.25, 0.3) is 16.8 Å². The molecule has 2 aromatic heterocycles. The van der Waals surface area contributed by atoms with Crippen LogP contribution in [-0.2, 0) is 44.9 Å². The summed E-state index contributed by atoms with van der Waals surface area (Å²) in [4.78, 5) is 18.2. The summed E-state index contributed by atoms with van der Waals surface area (Å²) in [5.41, 5.74) is 6.90. The molecule has 0 bridgehead atoms. The Kier molecular flexibility index (Phi) is 7.72. The van der Waals surface area contributed by atoms with Crippen molar-refractivity contribution in [2.75, 3.05) is 0 Å². The summed E-state index contributed by atoms with van der Waals surface area (Å²) in [5, 5.41) is 13.4. The molecule has 25 heavy (non-hydrogen) atoms.